The van der Waals surface area contributed by atoms with Crippen LogP contribution in [-0.2, 0) is 0 Å². The zero-order valence-corrected chi connectivity index (χ0v) is 19.8. The van der Waals surface area contributed by atoms with Crippen LogP contribution in [-0.4, -0.2) is 41.1 Å². The Hall–Kier alpha value is -3.66. The van der Waals surface area contributed by atoms with Gasteiger partial charge in [0.1, 0.15) is 11.6 Å². The number of fused-ring (bicyclic) bond motifs is 1. The lowest BCUT2D eigenvalue weighted by molar-refractivity contribution is 0.387. The molecule has 0 spiro atoms. The zero-order valence-electron chi connectivity index (χ0n) is 18.9. The van der Waals surface area contributed by atoms with Crippen LogP contribution in [0.1, 0.15) is 11.1 Å². The van der Waals surface area contributed by atoms with Gasteiger partial charge < -0.3 is 20.1 Å². The lowest BCUT2D eigenvalue weighted by atomic mass is 9.99. The molecule has 3 N–H and O–H groups in total. The molecular weight excluding hydrogens is 441 g/mol. The van der Waals surface area contributed by atoms with Gasteiger partial charge in [-0.2, -0.15) is 4.98 Å². The number of ether oxygens (including phenoxy) is 1. The highest BCUT2D eigenvalue weighted by Crippen LogP contribution is 2.36. The molecule has 0 fully saturated rings. The van der Waals surface area contributed by atoms with Crippen LogP contribution in [0.2, 0.25) is 0 Å². The SMILES string of the molecule is CNc1ncc2cc(-c3cc(NSc4cc(C)cnc4OC)cc(F)c3C)c(NC)nc2n1. The van der Waals surface area contributed by atoms with Gasteiger partial charge in [0.05, 0.1) is 12.0 Å². The third-order valence-electron chi connectivity index (χ3n) is 5.09. The van der Waals surface area contributed by atoms with Crippen LogP contribution in [0.15, 0.2) is 41.6 Å². The van der Waals surface area contributed by atoms with Gasteiger partial charge in [0.15, 0.2) is 5.65 Å². The minimum absolute atomic E-state index is 0.325. The third-order valence-corrected chi connectivity index (χ3v) is 5.94. The van der Waals surface area contributed by atoms with E-state index in [1.807, 2.05) is 25.1 Å². The van der Waals surface area contributed by atoms with E-state index < -0.39 is 0 Å². The molecule has 0 aliphatic rings. The highest BCUT2D eigenvalue weighted by molar-refractivity contribution is 8.00. The second-order valence-corrected chi connectivity index (χ2v) is 8.19. The molecule has 1 aromatic carbocycles. The van der Waals surface area contributed by atoms with Crippen LogP contribution in [0.3, 0.4) is 0 Å². The van der Waals surface area contributed by atoms with Crippen LogP contribution in [0.4, 0.5) is 21.8 Å². The monoisotopic (exact) mass is 465 g/mol. The Morgan fingerprint density at radius 2 is 1.76 bits per heavy atom. The fourth-order valence-electron chi connectivity index (χ4n) is 3.37. The fourth-order valence-corrected chi connectivity index (χ4v) is 4.18. The molecule has 0 bridgehead atoms. The summed E-state index contributed by atoms with van der Waals surface area (Å²) < 4.78 is 23.5. The summed E-state index contributed by atoms with van der Waals surface area (Å²) >= 11 is 1.31. The molecule has 3 aromatic heterocycles. The number of hydrogen-bond acceptors (Lipinski definition) is 9. The zero-order chi connectivity index (χ0) is 23.5. The molecule has 3 heterocycles. The predicted molar refractivity (Wildman–Crippen MR) is 132 cm³/mol. The lowest BCUT2D eigenvalue weighted by Gasteiger charge is -2.16. The molecule has 170 valence electrons. The van der Waals surface area contributed by atoms with E-state index in [0.717, 1.165) is 21.4 Å². The molecular formula is C23H24FN7OS. The van der Waals surface area contributed by atoms with E-state index in [0.29, 0.717) is 40.1 Å². The second kappa shape index (κ2) is 9.45. The molecule has 0 aliphatic heterocycles. The normalized spacial score (nSPS) is 10.8. The van der Waals surface area contributed by atoms with E-state index in [9.17, 15) is 4.39 Å². The molecule has 4 rings (SSSR count). The number of nitrogens with zero attached hydrogens (tertiary/aromatic N) is 4. The fraction of sp³-hybridized carbons (Fsp3) is 0.217. The van der Waals surface area contributed by atoms with Crippen molar-refractivity contribution in [3.05, 3.63) is 53.6 Å². The molecule has 0 radical (unpaired) electrons. The van der Waals surface area contributed by atoms with Crippen molar-refractivity contribution in [3.63, 3.8) is 0 Å². The average molecular weight is 466 g/mol. The molecule has 0 saturated heterocycles. The quantitative estimate of drug-likeness (QED) is 0.324. The van der Waals surface area contributed by atoms with E-state index in [1.54, 1.807) is 40.5 Å². The van der Waals surface area contributed by atoms with E-state index >= 15 is 0 Å². The van der Waals surface area contributed by atoms with E-state index in [4.69, 9.17) is 4.74 Å². The molecule has 4 aromatic rings. The summed E-state index contributed by atoms with van der Waals surface area (Å²) in [5.41, 5.74) is 4.13. The first-order valence-corrected chi connectivity index (χ1v) is 11.0. The molecule has 0 saturated carbocycles. The topological polar surface area (TPSA) is 96.9 Å². The predicted octanol–water partition coefficient (Wildman–Crippen LogP) is 5.05. The van der Waals surface area contributed by atoms with Crippen LogP contribution >= 0.6 is 11.9 Å². The van der Waals surface area contributed by atoms with Crippen LogP contribution in [0, 0.1) is 19.7 Å². The van der Waals surface area contributed by atoms with Gasteiger partial charge in [0.25, 0.3) is 0 Å². The molecule has 33 heavy (non-hydrogen) atoms. The standard InChI is InChI=1S/C23H24FN7OS/c1-12-6-19(22(32-5)27-10-12)33-31-15-8-16(13(2)18(24)9-15)17-7-14-11-28-23(26-4)30-20(14)29-21(17)25-3/h6-11,31H,1-5H3,(H2,25,26,28,29,30). The second-order valence-electron chi connectivity index (χ2n) is 7.35. The van der Waals surface area contributed by atoms with E-state index in [2.05, 4.69) is 35.3 Å². The summed E-state index contributed by atoms with van der Waals surface area (Å²) in [4.78, 5) is 18.4. The van der Waals surface area contributed by atoms with Crippen molar-refractivity contribution in [2.45, 2.75) is 18.7 Å². The Morgan fingerprint density at radius 1 is 0.939 bits per heavy atom. The van der Waals surface area contributed by atoms with Crippen molar-refractivity contribution < 1.29 is 9.13 Å². The smallest absolute Gasteiger partial charge is 0.228 e. The molecule has 0 unspecified atom stereocenters. The highest BCUT2D eigenvalue weighted by atomic mass is 32.2. The molecule has 0 amide bonds. The van der Waals surface area contributed by atoms with Gasteiger partial charge in [0.2, 0.25) is 11.8 Å². The summed E-state index contributed by atoms with van der Waals surface area (Å²) in [6, 6.07) is 7.24. The number of hydrogen-bond donors (Lipinski definition) is 3. The van der Waals surface area contributed by atoms with Crippen LogP contribution in [0.5, 0.6) is 5.88 Å². The summed E-state index contributed by atoms with van der Waals surface area (Å²) in [5, 5.41) is 6.77. The number of rotatable bonds is 7. The van der Waals surface area contributed by atoms with Crippen molar-refractivity contribution in [1.82, 2.24) is 19.9 Å². The Labute approximate surface area is 195 Å². The van der Waals surface area contributed by atoms with Gasteiger partial charge in [0, 0.05) is 43.1 Å². The Bertz CT molecular complexity index is 1330. The van der Waals surface area contributed by atoms with Crippen LogP contribution in [0.25, 0.3) is 22.2 Å². The van der Waals surface area contributed by atoms with Gasteiger partial charge in [-0.25, -0.2) is 19.3 Å². The van der Waals surface area contributed by atoms with E-state index in [1.165, 1.54) is 18.0 Å². The molecule has 8 nitrogen and oxygen atoms in total. The first-order chi connectivity index (χ1) is 15.9. The lowest BCUT2D eigenvalue weighted by Crippen LogP contribution is -2.02. The number of pyridine rings is 2. The van der Waals surface area contributed by atoms with Crippen molar-refractivity contribution >= 4 is 40.4 Å². The summed E-state index contributed by atoms with van der Waals surface area (Å²) in [5.74, 6) is 1.26. The Morgan fingerprint density at radius 3 is 2.48 bits per heavy atom. The summed E-state index contributed by atoms with van der Waals surface area (Å²) in [6.45, 7) is 3.70. The van der Waals surface area contributed by atoms with E-state index in [-0.39, 0.29) is 5.82 Å². The number of anilines is 3. The first-order valence-electron chi connectivity index (χ1n) is 10.2. The van der Waals surface area contributed by atoms with Crippen LogP contribution < -0.4 is 20.1 Å². The minimum Gasteiger partial charge on any atom is -0.480 e. The Kier molecular flexibility index (Phi) is 6.45. The maximum Gasteiger partial charge on any atom is 0.228 e. The number of methoxy groups -OCH3 is 1. The number of halogens is 1. The van der Waals surface area contributed by atoms with Gasteiger partial charge in [-0.1, -0.05) is 0 Å². The number of nitrogens with one attached hydrogen (secondary N) is 3. The van der Waals surface area contributed by atoms with Gasteiger partial charge in [-0.15, -0.1) is 0 Å². The third kappa shape index (κ3) is 4.61. The van der Waals surface area contributed by atoms with Crippen molar-refractivity contribution in [3.8, 4) is 17.0 Å². The van der Waals surface area contributed by atoms with Crippen molar-refractivity contribution in [2.75, 3.05) is 36.6 Å². The Balaban J connectivity index is 1.74. The highest BCUT2D eigenvalue weighted by Gasteiger charge is 2.16. The van der Waals surface area contributed by atoms with Crippen molar-refractivity contribution in [2.24, 2.45) is 0 Å². The largest absolute Gasteiger partial charge is 0.480 e. The molecule has 10 heteroatoms. The van der Waals surface area contributed by atoms with Crippen molar-refractivity contribution in [1.29, 1.82) is 0 Å². The first kappa shape index (κ1) is 22.5. The summed E-state index contributed by atoms with van der Waals surface area (Å²) in [7, 11) is 5.10. The number of benzene rings is 1. The summed E-state index contributed by atoms with van der Waals surface area (Å²) in [6.07, 6.45) is 3.44. The number of aryl methyl sites for hydroxylation is 1. The molecule has 0 atom stereocenters. The minimum atomic E-state index is -0.325. The maximum absolute atomic E-state index is 14.9. The molecule has 0 aliphatic carbocycles. The van der Waals surface area contributed by atoms with Gasteiger partial charge in [-0.3, -0.25) is 0 Å². The average Bonchev–Trinajstić information content (AvgIpc) is 2.83. The number of aromatic nitrogens is 4. The van der Waals surface area contributed by atoms with Gasteiger partial charge in [-0.05, 0) is 66.8 Å². The van der Waals surface area contributed by atoms with Gasteiger partial charge >= 0.3 is 0 Å². The maximum atomic E-state index is 14.9.